The Hall–Kier alpha value is -1.26. The smallest absolute Gasteiger partial charge is 0.317 e. The summed E-state index contributed by atoms with van der Waals surface area (Å²) in [7, 11) is 1.71. The number of urea groups is 1. The van der Waals surface area contributed by atoms with E-state index < -0.39 is 11.4 Å². The van der Waals surface area contributed by atoms with Crippen molar-refractivity contribution in [2.24, 2.45) is 11.3 Å². The van der Waals surface area contributed by atoms with E-state index in [2.05, 4.69) is 5.32 Å². The molecule has 0 aliphatic carbocycles. The van der Waals surface area contributed by atoms with Crippen molar-refractivity contribution >= 4 is 12.0 Å². The largest absolute Gasteiger partial charge is 0.481 e. The highest BCUT2D eigenvalue weighted by atomic mass is 16.4. The molecule has 17 heavy (non-hydrogen) atoms. The number of carbonyl (C=O) groups excluding carboxylic acids is 1. The zero-order valence-electron chi connectivity index (χ0n) is 11.4. The molecule has 0 saturated heterocycles. The molecule has 0 spiro atoms. The molecule has 0 aliphatic rings. The predicted molar refractivity (Wildman–Crippen MR) is 66.9 cm³/mol. The quantitative estimate of drug-likeness (QED) is 0.748. The number of hydrogen-bond donors (Lipinski definition) is 2. The monoisotopic (exact) mass is 244 g/mol. The fraction of sp³-hybridized carbons (Fsp3) is 0.833. The Kier molecular flexibility index (Phi) is 5.99. The number of aliphatic carboxylic acids is 1. The summed E-state index contributed by atoms with van der Waals surface area (Å²) in [6, 6.07) is -0.223. The van der Waals surface area contributed by atoms with Crippen molar-refractivity contribution in [3.05, 3.63) is 0 Å². The van der Waals surface area contributed by atoms with E-state index in [1.54, 1.807) is 25.8 Å². The van der Waals surface area contributed by atoms with Crippen LogP contribution in [-0.4, -0.2) is 42.1 Å². The van der Waals surface area contributed by atoms with Crippen LogP contribution in [0.1, 0.15) is 34.1 Å². The zero-order chi connectivity index (χ0) is 13.6. The Morgan fingerprint density at radius 1 is 1.41 bits per heavy atom. The summed E-state index contributed by atoms with van der Waals surface area (Å²) in [4.78, 5) is 24.3. The van der Waals surface area contributed by atoms with E-state index in [4.69, 9.17) is 5.11 Å². The van der Waals surface area contributed by atoms with Gasteiger partial charge in [-0.3, -0.25) is 4.79 Å². The maximum absolute atomic E-state index is 11.7. The van der Waals surface area contributed by atoms with Crippen LogP contribution in [0.15, 0.2) is 0 Å². The fourth-order valence-corrected chi connectivity index (χ4v) is 1.39. The van der Waals surface area contributed by atoms with Crippen LogP contribution in [0.4, 0.5) is 4.79 Å². The normalized spacial score (nSPS) is 14.2. The van der Waals surface area contributed by atoms with Crippen LogP contribution in [0.25, 0.3) is 0 Å². The highest BCUT2D eigenvalue weighted by molar-refractivity contribution is 5.77. The molecule has 100 valence electrons. The number of carbonyl (C=O) groups is 2. The summed E-state index contributed by atoms with van der Waals surface area (Å²) >= 11 is 0. The van der Waals surface area contributed by atoms with Gasteiger partial charge in [-0.05, 0) is 19.3 Å². The number of amides is 2. The van der Waals surface area contributed by atoms with Crippen LogP contribution in [0.5, 0.6) is 0 Å². The number of hydrogen-bond acceptors (Lipinski definition) is 2. The van der Waals surface area contributed by atoms with E-state index in [1.165, 1.54) is 0 Å². The van der Waals surface area contributed by atoms with Gasteiger partial charge in [0.1, 0.15) is 0 Å². The molecule has 0 rings (SSSR count). The summed E-state index contributed by atoms with van der Waals surface area (Å²) in [5, 5.41) is 11.7. The minimum Gasteiger partial charge on any atom is -0.481 e. The highest BCUT2D eigenvalue weighted by Crippen LogP contribution is 2.19. The van der Waals surface area contributed by atoms with Crippen LogP contribution < -0.4 is 5.32 Å². The van der Waals surface area contributed by atoms with Crippen LogP contribution in [-0.2, 0) is 4.79 Å². The molecule has 5 nitrogen and oxygen atoms in total. The molecule has 1 atom stereocenters. The van der Waals surface area contributed by atoms with E-state index >= 15 is 0 Å². The Morgan fingerprint density at radius 3 is 2.29 bits per heavy atom. The van der Waals surface area contributed by atoms with Crippen molar-refractivity contribution in [2.45, 2.75) is 34.1 Å². The van der Waals surface area contributed by atoms with Crippen molar-refractivity contribution in [3.8, 4) is 0 Å². The van der Waals surface area contributed by atoms with Gasteiger partial charge in [0.05, 0.1) is 5.41 Å². The van der Waals surface area contributed by atoms with Gasteiger partial charge in [0.2, 0.25) is 0 Å². The van der Waals surface area contributed by atoms with Crippen LogP contribution in [0.2, 0.25) is 0 Å². The van der Waals surface area contributed by atoms with Crippen molar-refractivity contribution < 1.29 is 14.7 Å². The molecular formula is C12H24N2O3. The molecule has 5 heteroatoms. The topological polar surface area (TPSA) is 69.6 Å². The van der Waals surface area contributed by atoms with E-state index in [0.717, 1.165) is 0 Å². The second kappa shape index (κ2) is 6.47. The van der Waals surface area contributed by atoms with Crippen molar-refractivity contribution in [2.75, 3.05) is 20.1 Å². The van der Waals surface area contributed by atoms with Gasteiger partial charge in [0.25, 0.3) is 0 Å². The molecule has 0 bridgehead atoms. The van der Waals surface area contributed by atoms with Gasteiger partial charge >= 0.3 is 12.0 Å². The summed E-state index contributed by atoms with van der Waals surface area (Å²) in [5.41, 5.74) is -0.895. The third kappa shape index (κ3) is 5.06. The standard InChI is InChI=1S/C12H24N2O3/c1-6-12(4,10(15)16)8-13-11(17)14(5)7-9(2)3/h9H,6-8H2,1-5H3,(H,13,17)(H,15,16). The first-order chi connectivity index (χ1) is 7.73. The fourth-order valence-electron chi connectivity index (χ4n) is 1.39. The Balaban J connectivity index is 4.27. The van der Waals surface area contributed by atoms with Gasteiger partial charge in [-0.25, -0.2) is 4.79 Å². The molecule has 0 aromatic heterocycles. The maximum Gasteiger partial charge on any atom is 0.317 e. The van der Waals surface area contributed by atoms with E-state index in [0.29, 0.717) is 18.9 Å². The number of nitrogens with one attached hydrogen (secondary N) is 1. The SMILES string of the molecule is CCC(C)(CNC(=O)N(C)CC(C)C)C(=O)O. The molecule has 0 aromatic carbocycles. The van der Waals surface area contributed by atoms with Gasteiger partial charge in [0, 0.05) is 20.1 Å². The molecule has 0 heterocycles. The number of carboxylic acids is 1. The molecule has 0 fully saturated rings. The lowest BCUT2D eigenvalue weighted by molar-refractivity contribution is -0.147. The van der Waals surface area contributed by atoms with Gasteiger partial charge in [-0.2, -0.15) is 0 Å². The lowest BCUT2D eigenvalue weighted by Crippen LogP contribution is -2.46. The summed E-state index contributed by atoms with van der Waals surface area (Å²) in [5.74, 6) is -0.491. The summed E-state index contributed by atoms with van der Waals surface area (Å²) in [6.07, 6.45) is 0.483. The van der Waals surface area contributed by atoms with Crippen molar-refractivity contribution in [1.29, 1.82) is 0 Å². The minimum atomic E-state index is -0.895. The average molecular weight is 244 g/mol. The lowest BCUT2D eigenvalue weighted by atomic mass is 9.88. The Bertz CT molecular complexity index is 279. The molecule has 2 N–H and O–H groups in total. The van der Waals surface area contributed by atoms with E-state index in [-0.39, 0.29) is 12.6 Å². The number of nitrogens with zero attached hydrogens (tertiary/aromatic N) is 1. The van der Waals surface area contributed by atoms with Crippen molar-refractivity contribution in [3.63, 3.8) is 0 Å². The van der Waals surface area contributed by atoms with Gasteiger partial charge in [-0.1, -0.05) is 20.8 Å². The van der Waals surface area contributed by atoms with Crippen LogP contribution >= 0.6 is 0 Å². The molecular weight excluding hydrogens is 220 g/mol. The third-order valence-corrected chi connectivity index (χ3v) is 2.91. The summed E-state index contributed by atoms with van der Waals surface area (Å²) < 4.78 is 0. The van der Waals surface area contributed by atoms with E-state index in [9.17, 15) is 9.59 Å². The molecule has 0 aliphatic heterocycles. The Labute approximate surface area is 103 Å². The van der Waals surface area contributed by atoms with Crippen molar-refractivity contribution in [1.82, 2.24) is 10.2 Å². The maximum atomic E-state index is 11.7. The van der Waals surface area contributed by atoms with Gasteiger partial charge < -0.3 is 15.3 Å². The van der Waals surface area contributed by atoms with Gasteiger partial charge in [0.15, 0.2) is 0 Å². The molecule has 0 radical (unpaired) electrons. The second-order valence-corrected chi connectivity index (χ2v) is 5.15. The average Bonchev–Trinajstić information content (AvgIpc) is 2.23. The summed E-state index contributed by atoms with van der Waals surface area (Å²) in [6.45, 7) is 8.30. The van der Waals surface area contributed by atoms with Crippen LogP contribution in [0.3, 0.4) is 0 Å². The van der Waals surface area contributed by atoms with E-state index in [1.807, 2.05) is 13.8 Å². The molecule has 1 unspecified atom stereocenters. The van der Waals surface area contributed by atoms with Crippen LogP contribution in [0, 0.1) is 11.3 Å². The number of carboxylic acid groups (broad SMARTS) is 1. The molecule has 0 aromatic rings. The Morgan fingerprint density at radius 2 is 1.94 bits per heavy atom. The number of rotatable bonds is 6. The minimum absolute atomic E-state index is 0.153. The molecule has 2 amide bonds. The second-order valence-electron chi connectivity index (χ2n) is 5.15. The third-order valence-electron chi connectivity index (χ3n) is 2.91. The predicted octanol–water partition coefficient (Wildman–Crippen LogP) is 1.78. The first-order valence-corrected chi connectivity index (χ1v) is 5.95. The first-order valence-electron chi connectivity index (χ1n) is 5.95. The molecule has 0 saturated carbocycles. The zero-order valence-corrected chi connectivity index (χ0v) is 11.4. The highest BCUT2D eigenvalue weighted by Gasteiger charge is 2.31. The lowest BCUT2D eigenvalue weighted by Gasteiger charge is -2.26. The van der Waals surface area contributed by atoms with Gasteiger partial charge in [-0.15, -0.1) is 0 Å². The first kappa shape index (κ1) is 15.7.